The van der Waals surface area contributed by atoms with E-state index in [-0.39, 0.29) is 0 Å². The van der Waals surface area contributed by atoms with Gasteiger partial charge in [0.15, 0.2) is 11.5 Å². The fourth-order valence-corrected chi connectivity index (χ4v) is 3.96. The predicted octanol–water partition coefficient (Wildman–Crippen LogP) is 5.05. The van der Waals surface area contributed by atoms with Crippen molar-refractivity contribution in [2.75, 3.05) is 21.3 Å². The zero-order valence-electron chi connectivity index (χ0n) is 15.2. The first-order valence-corrected chi connectivity index (χ1v) is 9.17. The second kappa shape index (κ2) is 7.25. The Labute approximate surface area is 161 Å². The molecular weight excluding hydrogens is 360 g/mol. The van der Waals surface area contributed by atoms with Crippen molar-refractivity contribution in [2.45, 2.75) is 0 Å². The average molecular weight is 378 g/mol. The number of rotatable bonds is 5. The van der Waals surface area contributed by atoms with Crippen molar-refractivity contribution in [3.8, 4) is 39.1 Å². The number of benzene rings is 2. The molecule has 136 valence electrons. The van der Waals surface area contributed by atoms with Crippen LogP contribution in [0.4, 0.5) is 0 Å². The van der Waals surface area contributed by atoms with Crippen molar-refractivity contribution in [3.63, 3.8) is 0 Å². The van der Waals surface area contributed by atoms with Gasteiger partial charge in [0.1, 0.15) is 10.8 Å². The lowest BCUT2D eigenvalue weighted by Gasteiger charge is -2.11. The van der Waals surface area contributed by atoms with Crippen LogP contribution >= 0.6 is 11.3 Å². The highest BCUT2D eigenvalue weighted by Crippen LogP contribution is 2.38. The first-order valence-electron chi connectivity index (χ1n) is 8.36. The van der Waals surface area contributed by atoms with Gasteiger partial charge in [0.05, 0.1) is 37.2 Å². The number of fused-ring (bicyclic) bond motifs is 1. The van der Waals surface area contributed by atoms with Crippen LogP contribution in [0, 0.1) is 0 Å². The van der Waals surface area contributed by atoms with E-state index in [1.807, 2.05) is 48.5 Å². The third-order valence-electron chi connectivity index (χ3n) is 4.29. The summed E-state index contributed by atoms with van der Waals surface area (Å²) in [6.07, 6.45) is 1.78. The van der Waals surface area contributed by atoms with Gasteiger partial charge in [0.2, 0.25) is 0 Å². The largest absolute Gasteiger partial charge is 0.497 e. The summed E-state index contributed by atoms with van der Waals surface area (Å²) in [4.78, 5) is 9.39. The van der Waals surface area contributed by atoms with Gasteiger partial charge in [0.25, 0.3) is 0 Å². The molecule has 0 bridgehead atoms. The Balaban J connectivity index is 1.84. The summed E-state index contributed by atoms with van der Waals surface area (Å²) >= 11 is 1.62. The lowest BCUT2D eigenvalue weighted by Crippen LogP contribution is -1.93. The summed E-state index contributed by atoms with van der Waals surface area (Å²) in [5, 5.41) is 0.913. The molecule has 0 aliphatic rings. The lowest BCUT2D eigenvalue weighted by atomic mass is 10.1. The summed E-state index contributed by atoms with van der Waals surface area (Å²) in [6, 6.07) is 15.6. The molecule has 0 N–H and O–H groups in total. The summed E-state index contributed by atoms with van der Waals surface area (Å²) in [5.74, 6) is 2.18. The first-order chi connectivity index (χ1) is 13.2. The number of hydrogen-bond donors (Lipinski definition) is 0. The van der Waals surface area contributed by atoms with Gasteiger partial charge in [-0.15, -0.1) is 11.3 Å². The summed E-state index contributed by atoms with van der Waals surface area (Å²) in [6.45, 7) is 0. The molecule has 0 aliphatic carbocycles. The van der Waals surface area contributed by atoms with Gasteiger partial charge in [-0.25, -0.2) is 4.98 Å². The molecule has 0 spiro atoms. The molecular formula is C21H18N2O3S. The van der Waals surface area contributed by atoms with E-state index in [0.717, 1.165) is 37.8 Å². The van der Waals surface area contributed by atoms with Crippen LogP contribution in [0.25, 0.3) is 32.0 Å². The minimum Gasteiger partial charge on any atom is -0.497 e. The molecule has 4 aromatic rings. The fourth-order valence-electron chi connectivity index (χ4n) is 2.94. The molecule has 6 heteroatoms. The minimum absolute atomic E-state index is 0.667. The number of aromatic nitrogens is 2. The average Bonchev–Trinajstić information content (AvgIpc) is 3.16. The van der Waals surface area contributed by atoms with Crippen LogP contribution in [0.2, 0.25) is 0 Å². The summed E-state index contributed by atoms with van der Waals surface area (Å²) in [5.41, 5.74) is 3.72. The van der Waals surface area contributed by atoms with Crippen molar-refractivity contribution in [2.24, 2.45) is 0 Å². The van der Waals surface area contributed by atoms with Gasteiger partial charge in [-0.3, -0.25) is 4.98 Å². The monoisotopic (exact) mass is 378 g/mol. The van der Waals surface area contributed by atoms with Crippen molar-refractivity contribution in [1.29, 1.82) is 0 Å². The number of nitrogens with zero attached hydrogens (tertiary/aromatic N) is 2. The van der Waals surface area contributed by atoms with Gasteiger partial charge in [-0.1, -0.05) is 0 Å². The van der Waals surface area contributed by atoms with Crippen LogP contribution < -0.4 is 14.2 Å². The maximum Gasteiger partial charge on any atom is 0.161 e. The van der Waals surface area contributed by atoms with Gasteiger partial charge in [0, 0.05) is 17.3 Å². The van der Waals surface area contributed by atoms with E-state index >= 15 is 0 Å². The van der Waals surface area contributed by atoms with Crippen LogP contribution in [0.5, 0.6) is 17.2 Å². The van der Waals surface area contributed by atoms with Crippen molar-refractivity contribution in [1.82, 2.24) is 9.97 Å². The van der Waals surface area contributed by atoms with Crippen molar-refractivity contribution in [3.05, 3.63) is 54.7 Å². The minimum atomic E-state index is 0.667. The smallest absolute Gasteiger partial charge is 0.161 e. The second-order valence-corrected chi connectivity index (χ2v) is 6.85. The number of pyridine rings is 1. The van der Waals surface area contributed by atoms with Crippen LogP contribution in [0.3, 0.4) is 0 Å². The molecule has 5 nitrogen and oxygen atoms in total. The molecule has 27 heavy (non-hydrogen) atoms. The van der Waals surface area contributed by atoms with Crippen molar-refractivity contribution < 1.29 is 14.2 Å². The highest BCUT2D eigenvalue weighted by atomic mass is 32.1. The Hall–Kier alpha value is -3.12. The molecule has 0 unspecified atom stereocenters. The molecule has 0 aliphatic heterocycles. The Morgan fingerprint density at radius 1 is 0.852 bits per heavy atom. The van der Waals surface area contributed by atoms with Crippen LogP contribution in [0.15, 0.2) is 54.7 Å². The van der Waals surface area contributed by atoms with E-state index in [9.17, 15) is 0 Å². The van der Waals surface area contributed by atoms with Gasteiger partial charge < -0.3 is 14.2 Å². The SMILES string of the molecule is COc1ccc2nc(-c3cccnc3-c3ccc(OC)c(OC)c3)sc2c1. The normalized spacial score (nSPS) is 10.8. The standard InChI is InChI=1S/C21H18N2O3S/c1-24-14-7-8-16-19(12-14)27-21(23-16)15-5-4-10-22-20(15)13-6-9-17(25-2)18(11-13)26-3/h4-12H,1-3H3. The Morgan fingerprint density at radius 2 is 1.70 bits per heavy atom. The first kappa shape index (κ1) is 17.3. The highest BCUT2D eigenvalue weighted by Gasteiger charge is 2.15. The van der Waals surface area contributed by atoms with Crippen molar-refractivity contribution >= 4 is 21.6 Å². The number of thiazole rings is 1. The van der Waals surface area contributed by atoms with Gasteiger partial charge in [-0.2, -0.15) is 0 Å². The van der Waals surface area contributed by atoms with E-state index < -0.39 is 0 Å². The van der Waals surface area contributed by atoms with E-state index in [0.29, 0.717) is 11.5 Å². The van der Waals surface area contributed by atoms with Gasteiger partial charge in [-0.05, 0) is 48.5 Å². The van der Waals surface area contributed by atoms with Crippen LogP contribution in [-0.2, 0) is 0 Å². The van der Waals surface area contributed by atoms with Gasteiger partial charge >= 0.3 is 0 Å². The maximum absolute atomic E-state index is 5.44. The molecule has 0 atom stereocenters. The lowest BCUT2D eigenvalue weighted by molar-refractivity contribution is 0.355. The zero-order chi connectivity index (χ0) is 18.8. The summed E-state index contributed by atoms with van der Waals surface area (Å²) < 4.78 is 17.2. The molecule has 0 radical (unpaired) electrons. The second-order valence-electron chi connectivity index (χ2n) is 5.82. The third kappa shape index (κ3) is 3.19. The van der Waals surface area contributed by atoms with E-state index in [2.05, 4.69) is 4.98 Å². The maximum atomic E-state index is 5.44. The Bertz CT molecular complexity index is 1110. The molecule has 2 aromatic carbocycles. The number of methoxy groups -OCH3 is 3. The zero-order valence-corrected chi connectivity index (χ0v) is 16.0. The molecule has 0 saturated carbocycles. The van der Waals surface area contributed by atoms with E-state index in [1.54, 1.807) is 38.9 Å². The molecule has 0 fully saturated rings. The van der Waals surface area contributed by atoms with E-state index in [4.69, 9.17) is 19.2 Å². The highest BCUT2D eigenvalue weighted by molar-refractivity contribution is 7.21. The van der Waals surface area contributed by atoms with Crippen LogP contribution in [0.1, 0.15) is 0 Å². The van der Waals surface area contributed by atoms with E-state index in [1.165, 1.54) is 0 Å². The number of ether oxygens (including phenoxy) is 3. The third-order valence-corrected chi connectivity index (χ3v) is 5.34. The molecule has 2 heterocycles. The topological polar surface area (TPSA) is 53.5 Å². The molecule has 0 saturated heterocycles. The molecule has 0 amide bonds. The fraction of sp³-hybridized carbons (Fsp3) is 0.143. The molecule has 4 rings (SSSR count). The molecule has 2 aromatic heterocycles. The quantitative estimate of drug-likeness (QED) is 0.486. The summed E-state index contributed by atoms with van der Waals surface area (Å²) in [7, 11) is 4.92. The Kier molecular flexibility index (Phi) is 4.64. The van der Waals surface area contributed by atoms with Crippen LogP contribution in [-0.4, -0.2) is 31.3 Å². The predicted molar refractivity (Wildman–Crippen MR) is 108 cm³/mol. The number of hydrogen-bond acceptors (Lipinski definition) is 6. The Morgan fingerprint density at radius 3 is 2.48 bits per heavy atom.